The molecule has 0 saturated heterocycles. The third-order valence-corrected chi connectivity index (χ3v) is 1.82. The third-order valence-electron chi connectivity index (χ3n) is 1.82. The SMILES string of the molecule is CCc1noc(-c2nc[nH]c(=O)c2O)n1. The second kappa shape index (κ2) is 3.52. The van der Waals surface area contributed by atoms with Crippen LogP contribution in [0.3, 0.4) is 0 Å². The maximum absolute atomic E-state index is 11.1. The van der Waals surface area contributed by atoms with Crippen molar-refractivity contribution in [1.82, 2.24) is 20.1 Å². The van der Waals surface area contributed by atoms with Gasteiger partial charge in [0.1, 0.15) is 0 Å². The Balaban J connectivity index is 2.54. The molecule has 0 aliphatic carbocycles. The molecule has 7 heteroatoms. The number of H-pyrrole nitrogens is 1. The molecule has 2 heterocycles. The van der Waals surface area contributed by atoms with Gasteiger partial charge < -0.3 is 14.6 Å². The van der Waals surface area contributed by atoms with Crippen LogP contribution in [0.4, 0.5) is 0 Å². The molecule has 15 heavy (non-hydrogen) atoms. The zero-order valence-electron chi connectivity index (χ0n) is 7.89. The Hall–Kier alpha value is -2.18. The van der Waals surface area contributed by atoms with Crippen molar-refractivity contribution in [3.05, 3.63) is 22.5 Å². The number of aromatic nitrogens is 4. The van der Waals surface area contributed by atoms with Crippen LogP contribution in [0, 0.1) is 0 Å². The fourth-order valence-corrected chi connectivity index (χ4v) is 1.04. The van der Waals surface area contributed by atoms with Crippen LogP contribution in [0.1, 0.15) is 12.7 Å². The van der Waals surface area contributed by atoms with Crippen LogP contribution < -0.4 is 5.56 Å². The minimum atomic E-state index is -0.642. The molecular weight excluding hydrogens is 200 g/mol. The number of hydrogen-bond donors (Lipinski definition) is 2. The van der Waals surface area contributed by atoms with Crippen molar-refractivity contribution < 1.29 is 9.63 Å². The van der Waals surface area contributed by atoms with Gasteiger partial charge in [-0.2, -0.15) is 4.98 Å². The lowest BCUT2D eigenvalue weighted by Gasteiger charge is -1.94. The Bertz CT molecular complexity index is 531. The molecule has 0 amide bonds. The van der Waals surface area contributed by atoms with Crippen LogP contribution in [0.2, 0.25) is 0 Å². The van der Waals surface area contributed by atoms with Gasteiger partial charge in [0.25, 0.3) is 11.4 Å². The number of nitrogens with one attached hydrogen (secondary N) is 1. The molecule has 2 rings (SSSR count). The van der Waals surface area contributed by atoms with E-state index in [2.05, 4.69) is 20.1 Å². The van der Waals surface area contributed by atoms with E-state index in [1.54, 1.807) is 0 Å². The molecule has 0 spiro atoms. The largest absolute Gasteiger partial charge is 0.501 e. The number of aryl methyl sites for hydroxylation is 1. The van der Waals surface area contributed by atoms with E-state index in [0.29, 0.717) is 12.2 Å². The van der Waals surface area contributed by atoms with Crippen molar-refractivity contribution in [3.63, 3.8) is 0 Å². The predicted octanol–water partition coefficient (Wildman–Crippen LogP) is 0.0879. The second-order valence-electron chi connectivity index (χ2n) is 2.80. The lowest BCUT2D eigenvalue weighted by molar-refractivity contribution is 0.414. The Morgan fingerprint density at radius 1 is 1.60 bits per heavy atom. The van der Waals surface area contributed by atoms with Gasteiger partial charge in [0, 0.05) is 6.42 Å². The van der Waals surface area contributed by atoms with Crippen molar-refractivity contribution in [2.24, 2.45) is 0 Å². The summed E-state index contributed by atoms with van der Waals surface area (Å²) in [5.74, 6) is 0.00531. The van der Waals surface area contributed by atoms with Crippen LogP contribution in [0.25, 0.3) is 11.6 Å². The van der Waals surface area contributed by atoms with Crippen LogP contribution in [-0.2, 0) is 6.42 Å². The lowest BCUT2D eigenvalue weighted by atomic mass is 10.3. The molecule has 2 N–H and O–H groups in total. The summed E-state index contributed by atoms with van der Waals surface area (Å²) < 4.78 is 4.84. The number of hydrogen-bond acceptors (Lipinski definition) is 6. The molecule has 2 aromatic rings. The van der Waals surface area contributed by atoms with Crippen LogP contribution in [-0.4, -0.2) is 25.2 Å². The normalized spacial score (nSPS) is 10.5. The van der Waals surface area contributed by atoms with E-state index in [1.807, 2.05) is 6.92 Å². The van der Waals surface area contributed by atoms with Gasteiger partial charge in [-0.1, -0.05) is 12.1 Å². The number of aromatic hydroxyl groups is 1. The van der Waals surface area contributed by atoms with E-state index in [-0.39, 0.29) is 11.6 Å². The summed E-state index contributed by atoms with van der Waals surface area (Å²) in [4.78, 5) is 21.0. The first-order chi connectivity index (χ1) is 7.22. The number of rotatable bonds is 2. The summed E-state index contributed by atoms with van der Waals surface area (Å²) in [6, 6.07) is 0. The highest BCUT2D eigenvalue weighted by molar-refractivity contribution is 5.54. The summed E-state index contributed by atoms with van der Waals surface area (Å²) in [7, 11) is 0. The first-order valence-electron chi connectivity index (χ1n) is 4.32. The minimum absolute atomic E-state index is 0.00838. The van der Waals surface area contributed by atoms with Crippen molar-refractivity contribution in [1.29, 1.82) is 0 Å². The van der Waals surface area contributed by atoms with E-state index < -0.39 is 11.3 Å². The van der Waals surface area contributed by atoms with Gasteiger partial charge in [0.15, 0.2) is 11.5 Å². The first-order valence-corrected chi connectivity index (χ1v) is 4.32. The molecule has 0 unspecified atom stereocenters. The topological polar surface area (TPSA) is 105 Å². The van der Waals surface area contributed by atoms with E-state index in [0.717, 1.165) is 6.33 Å². The molecule has 0 aliphatic heterocycles. The molecule has 7 nitrogen and oxygen atoms in total. The van der Waals surface area contributed by atoms with Crippen molar-refractivity contribution in [3.8, 4) is 17.3 Å². The highest BCUT2D eigenvalue weighted by Crippen LogP contribution is 2.20. The summed E-state index contributed by atoms with van der Waals surface area (Å²) in [5, 5.41) is 13.0. The molecule has 0 radical (unpaired) electrons. The highest BCUT2D eigenvalue weighted by atomic mass is 16.5. The van der Waals surface area contributed by atoms with Gasteiger partial charge in [-0.05, 0) is 0 Å². The summed E-state index contributed by atoms with van der Waals surface area (Å²) in [5.41, 5.74) is -0.651. The molecule has 0 aromatic carbocycles. The van der Waals surface area contributed by atoms with Crippen LogP contribution in [0.15, 0.2) is 15.6 Å². The summed E-state index contributed by atoms with van der Waals surface area (Å²) in [6.07, 6.45) is 1.76. The van der Waals surface area contributed by atoms with Crippen molar-refractivity contribution in [2.75, 3.05) is 0 Å². The number of aromatic amines is 1. The Morgan fingerprint density at radius 2 is 2.40 bits per heavy atom. The van der Waals surface area contributed by atoms with Crippen LogP contribution in [0.5, 0.6) is 5.75 Å². The molecule has 0 saturated carbocycles. The Morgan fingerprint density at radius 3 is 3.07 bits per heavy atom. The minimum Gasteiger partial charge on any atom is -0.501 e. The van der Waals surface area contributed by atoms with E-state index in [1.165, 1.54) is 0 Å². The molecule has 0 fully saturated rings. The second-order valence-corrected chi connectivity index (χ2v) is 2.80. The predicted molar refractivity (Wildman–Crippen MR) is 49.2 cm³/mol. The van der Waals surface area contributed by atoms with Crippen LogP contribution >= 0.6 is 0 Å². The van der Waals surface area contributed by atoms with Gasteiger partial charge in [-0.25, -0.2) is 4.98 Å². The smallest absolute Gasteiger partial charge is 0.293 e. The van der Waals surface area contributed by atoms with Gasteiger partial charge in [0.2, 0.25) is 5.75 Å². The average Bonchev–Trinajstić information content (AvgIpc) is 2.70. The maximum Gasteiger partial charge on any atom is 0.293 e. The monoisotopic (exact) mass is 208 g/mol. The highest BCUT2D eigenvalue weighted by Gasteiger charge is 2.15. The van der Waals surface area contributed by atoms with E-state index >= 15 is 0 Å². The summed E-state index contributed by atoms with van der Waals surface area (Å²) >= 11 is 0. The lowest BCUT2D eigenvalue weighted by Crippen LogP contribution is -2.06. The number of nitrogens with zero attached hydrogens (tertiary/aromatic N) is 3. The van der Waals surface area contributed by atoms with Gasteiger partial charge in [-0.15, -0.1) is 0 Å². The Labute approximate surface area is 83.8 Å². The average molecular weight is 208 g/mol. The molecule has 0 atom stereocenters. The molecule has 0 aliphatic rings. The molecular formula is C8H8N4O3. The Kier molecular flexibility index (Phi) is 2.20. The summed E-state index contributed by atoms with van der Waals surface area (Å²) in [6.45, 7) is 1.86. The van der Waals surface area contributed by atoms with E-state index in [9.17, 15) is 9.90 Å². The molecule has 2 aromatic heterocycles. The maximum atomic E-state index is 11.1. The third kappa shape index (κ3) is 1.58. The fraction of sp³-hybridized carbons (Fsp3) is 0.250. The first kappa shape index (κ1) is 9.38. The van der Waals surface area contributed by atoms with Crippen molar-refractivity contribution in [2.45, 2.75) is 13.3 Å². The fourth-order valence-electron chi connectivity index (χ4n) is 1.04. The van der Waals surface area contributed by atoms with Crippen molar-refractivity contribution >= 4 is 0 Å². The van der Waals surface area contributed by atoms with Gasteiger partial charge >= 0.3 is 0 Å². The quantitative estimate of drug-likeness (QED) is 0.724. The molecule has 0 bridgehead atoms. The van der Waals surface area contributed by atoms with Gasteiger partial charge in [-0.3, -0.25) is 4.79 Å². The molecule has 78 valence electrons. The standard InChI is InChI=1S/C8H8N4O3/c1-2-4-11-8(15-12-4)5-6(13)7(14)10-3-9-5/h3,13H,2H2,1H3,(H,9,10,14). The van der Waals surface area contributed by atoms with Gasteiger partial charge in [0.05, 0.1) is 6.33 Å². The zero-order chi connectivity index (χ0) is 10.8. The van der Waals surface area contributed by atoms with E-state index in [4.69, 9.17) is 4.52 Å². The zero-order valence-corrected chi connectivity index (χ0v) is 7.89.